The molecule has 0 fully saturated rings. The minimum Gasteiger partial charge on any atom is -0.476 e. The van der Waals surface area contributed by atoms with Crippen LogP contribution in [0.3, 0.4) is 0 Å². The van der Waals surface area contributed by atoms with Crippen molar-refractivity contribution in [3.05, 3.63) is 29.5 Å². The van der Waals surface area contributed by atoms with Crippen LogP contribution in [0.5, 0.6) is 0 Å². The normalized spacial score (nSPS) is 11.0. The van der Waals surface area contributed by atoms with E-state index in [0.717, 1.165) is 23.0 Å². The summed E-state index contributed by atoms with van der Waals surface area (Å²) in [5.41, 5.74) is 0.489. The number of nitrogens with zero attached hydrogens (tertiary/aromatic N) is 3. The first-order chi connectivity index (χ1) is 10.7. The van der Waals surface area contributed by atoms with Gasteiger partial charge in [-0.05, 0) is 12.1 Å². The molecule has 2 rings (SSSR count). The van der Waals surface area contributed by atoms with E-state index in [1.807, 2.05) is 0 Å². The summed E-state index contributed by atoms with van der Waals surface area (Å²) in [6, 6.07) is 2.55. The molecule has 0 aliphatic carbocycles. The van der Waals surface area contributed by atoms with E-state index in [1.54, 1.807) is 0 Å². The second kappa shape index (κ2) is 6.28. The molecule has 0 radical (unpaired) electrons. The van der Waals surface area contributed by atoms with E-state index in [4.69, 9.17) is 5.11 Å². The molecule has 0 atom stereocenters. The standard InChI is InChI=1S/C11H10N4O6S2/c1-6(16)14-8-3-2-7(4-12-8)15(23(19,20)21)10-9(11(17)18)13-5-22-10/h2-5H,1H3,(H,17,18)(H,12,14,16)(H,19,20,21). The highest BCUT2D eigenvalue weighted by atomic mass is 32.2. The van der Waals surface area contributed by atoms with Crippen molar-refractivity contribution in [3.8, 4) is 0 Å². The van der Waals surface area contributed by atoms with Gasteiger partial charge in [-0.3, -0.25) is 9.35 Å². The molecule has 12 heteroatoms. The van der Waals surface area contributed by atoms with Crippen LogP contribution in [-0.2, 0) is 15.1 Å². The third-order valence-corrected chi connectivity index (χ3v) is 4.23. The lowest BCUT2D eigenvalue weighted by molar-refractivity contribution is -0.114. The van der Waals surface area contributed by atoms with Crippen molar-refractivity contribution >= 4 is 50.0 Å². The van der Waals surface area contributed by atoms with Gasteiger partial charge in [0.2, 0.25) is 5.91 Å². The van der Waals surface area contributed by atoms with E-state index in [2.05, 4.69) is 15.3 Å². The highest BCUT2D eigenvalue weighted by Gasteiger charge is 2.29. The number of anilines is 3. The van der Waals surface area contributed by atoms with Crippen molar-refractivity contribution in [2.45, 2.75) is 6.92 Å². The summed E-state index contributed by atoms with van der Waals surface area (Å²) in [7, 11) is -4.82. The summed E-state index contributed by atoms with van der Waals surface area (Å²) in [6.07, 6.45) is 1.06. The number of nitrogens with one attached hydrogen (secondary N) is 1. The fraction of sp³-hybridized carbons (Fsp3) is 0.0909. The highest BCUT2D eigenvalue weighted by molar-refractivity contribution is 7.87. The highest BCUT2D eigenvalue weighted by Crippen LogP contribution is 2.34. The Labute approximate surface area is 134 Å². The molecule has 10 nitrogen and oxygen atoms in total. The Morgan fingerprint density at radius 1 is 1.30 bits per heavy atom. The van der Waals surface area contributed by atoms with Gasteiger partial charge in [0, 0.05) is 6.92 Å². The maximum atomic E-state index is 11.6. The lowest BCUT2D eigenvalue weighted by Gasteiger charge is -2.19. The minimum absolute atomic E-state index is 0.117. The molecule has 3 N–H and O–H groups in total. The van der Waals surface area contributed by atoms with Crippen LogP contribution in [0.4, 0.5) is 16.5 Å². The molecule has 0 bridgehead atoms. The van der Waals surface area contributed by atoms with Crippen molar-refractivity contribution in [1.82, 2.24) is 9.97 Å². The summed E-state index contributed by atoms with van der Waals surface area (Å²) in [5, 5.41) is 11.1. The van der Waals surface area contributed by atoms with Crippen LogP contribution in [-0.4, -0.2) is 39.9 Å². The van der Waals surface area contributed by atoms with Gasteiger partial charge < -0.3 is 10.4 Å². The average Bonchev–Trinajstić information content (AvgIpc) is 2.88. The number of carboxylic acid groups (broad SMARTS) is 1. The lowest BCUT2D eigenvalue weighted by Crippen LogP contribution is -2.26. The molecule has 0 aromatic carbocycles. The number of pyridine rings is 1. The monoisotopic (exact) mass is 358 g/mol. The van der Waals surface area contributed by atoms with E-state index in [-0.39, 0.29) is 22.4 Å². The van der Waals surface area contributed by atoms with Crippen LogP contribution in [0.2, 0.25) is 0 Å². The van der Waals surface area contributed by atoms with Crippen LogP contribution in [0.25, 0.3) is 0 Å². The van der Waals surface area contributed by atoms with Gasteiger partial charge in [0.1, 0.15) is 10.8 Å². The fourth-order valence-corrected chi connectivity index (χ4v) is 3.44. The fourth-order valence-electron chi connectivity index (χ4n) is 1.65. The first-order valence-corrected chi connectivity index (χ1v) is 8.16. The third-order valence-electron chi connectivity index (χ3n) is 2.45. The zero-order chi connectivity index (χ0) is 17.2. The first kappa shape index (κ1) is 16.8. The Kier molecular flexibility index (Phi) is 4.58. The molecule has 2 aromatic heterocycles. The molecule has 23 heavy (non-hydrogen) atoms. The molecule has 1 amide bonds. The Hall–Kier alpha value is -2.57. The molecule has 0 unspecified atom stereocenters. The molecule has 0 saturated heterocycles. The number of carbonyl (C=O) groups excluding carboxylic acids is 1. The number of hydrogen-bond donors (Lipinski definition) is 3. The number of aromatic nitrogens is 2. The van der Waals surface area contributed by atoms with Gasteiger partial charge in [-0.2, -0.15) is 8.42 Å². The van der Waals surface area contributed by atoms with Crippen LogP contribution >= 0.6 is 11.3 Å². The molecule has 122 valence electrons. The second-order valence-electron chi connectivity index (χ2n) is 4.14. The van der Waals surface area contributed by atoms with Crippen LogP contribution in [0, 0.1) is 0 Å². The molecule has 0 aliphatic rings. The minimum atomic E-state index is -4.82. The lowest BCUT2D eigenvalue weighted by atomic mass is 10.4. The number of hydrogen-bond acceptors (Lipinski definition) is 7. The predicted molar refractivity (Wildman–Crippen MR) is 81.3 cm³/mol. The Bertz CT molecular complexity index is 846. The summed E-state index contributed by atoms with van der Waals surface area (Å²) in [6.45, 7) is 1.27. The number of rotatable bonds is 5. The summed E-state index contributed by atoms with van der Waals surface area (Å²) in [5.74, 6) is -1.65. The van der Waals surface area contributed by atoms with E-state index < -0.39 is 22.0 Å². The van der Waals surface area contributed by atoms with Gasteiger partial charge in [-0.1, -0.05) is 0 Å². The molecule has 0 aliphatic heterocycles. The van der Waals surface area contributed by atoms with Gasteiger partial charge in [0.05, 0.1) is 17.4 Å². The van der Waals surface area contributed by atoms with Crippen LogP contribution in [0.15, 0.2) is 23.8 Å². The van der Waals surface area contributed by atoms with Crippen LogP contribution in [0.1, 0.15) is 17.4 Å². The van der Waals surface area contributed by atoms with E-state index in [1.165, 1.54) is 19.1 Å². The summed E-state index contributed by atoms with van der Waals surface area (Å²) in [4.78, 5) is 29.4. The van der Waals surface area contributed by atoms with Crippen molar-refractivity contribution in [1.29, 1.82) is 0 Å². The van der Waals surface area contributed by atoms with Gasteiger partial charge in [0.25, 0.3) is 0 Å². The SMILES string of the molecule is CC(=O)Nc1ccc(N(c2scnc2C(=O)O)S(=O)(=O)O)cn1. The van der Waals surface area contributed by atoms with Crippen molar-refractivity contribution in [2.75, 3.05) is 9.62 Å². The van der Waals surface area contributed by atoms with Gasteiger partial charge in [0.15, 0.2) is 5.69 Å². The zero-order valence-electron chi connectivity index (χ0n) is 11.5. The summed E-state index contributed by atoms with van der Waals surface area (Å²) >= 11 is 0.720. The molecule has 2 heterocycles. The van der Waals surface area contributed by atoms with Crippen molar-refractivity contribution in [2.24, 2.45) is 0 Å². The van der Waals surface area contributed by atoms with E-state index in [9.17, 15) is 22.6 Å². The molecule has 2 aromatic rings. The molecule has 0 saturated carbocycles. The smallest absolute Gasteiger partial charge is 0.365 e. The number of amides is 1. The number of aromatic carboxylic acids is 1. The summed E-state index contributed by atoms with van der Waals surface area (Å²) < 4.78 is 33.1. The molecular formula is C11H10N4O6S2. The topological polar surface area (TPSA) is 150 Å². The predicted octanol–water partition coefficient (Wildman–Crippen LogP) is 1.14. The maximum absolute atomic E-state index is 11.6. The van der Waals surface area contributed by atoms with E-state index >= 15 is 0 Å². The molecular weight excluding hydrogens is 348 g/mol. The first-order valence-electron chi connectivity index (χ1n) is 5.88. The maximum Gasteiger partial charge on any atom is 0.365 e. The largest absolute Gasteiger partial charge is 0.476 e. The Morgan fingerprint density at radius 3 is 2.48 bits per heavy atom. The zero-order valence-corrected chi connectivity index (χ0v) is 13.1. The second-order valence-corrected chi connectivity index (χ2v) is 6.23. The van der Waals surface area contributed by atoms with Gasteiger partial charge in [-0.15, -0.1) is 11.3 Å². The third kappa shape index (κ3) is 3.80. The number of carboxylic acids is 1. The average molecular weight is 358 g/mol. The van der Waals surface area contributed by atoms with Crippen molar-refractivity contribution < 1.29 is 27.7 Å². The van der Waals surface area contributed by atoms with E-state index in [0.29, 0.717) is 4.31 Å². The van der Waals surface area contributed by atoms with Gasteiger partial charge >= 0.3 is 16.3 Å². The Balaban J connectivity index is 2.50. The van der Waals surface area contributed by atoms with Crippen LogP contribution < -0.4 is 9.62 Å². The molecule has 0 spiro atoms. The number of thiazole rings is 1. The van der Waals surface area contributed by atoms with Crippen molar-refractivity contribution in [3.63, 3.8) is 0 Å². The van der Waals surface area contributed by atoms with Gasteiger partial charge in [-0.25, -0.2) is 19.1 Å². The number of carbonyl (C=O) groups is 2. The quantitative estimate of drug-likeness (QED) is 0.673. The Morgan fingerprint density at radius 2 is 2.00 bits per heavy atom.